The highest BCUT2D eigenvalue weighted by atomic mass is 32.1. The van der Waals surface area contributed by atoms with Crippen molar-refractivity contribution in [2.45, 2.75) is 13.8 Å². The summed E-state index contributed by atoms with van der Waals surface area (Å²) in [6.45, 7) is 4.05. The van der Waals surface area contributed by atoms with Gasteiger partial charge in [-0.05, 0) is 36.9 Å². The van der Waals surface area contributed by atoms with E-state index in [4.69, 9.17) is 0 Å². The lowest BCUT2D eigenvalue weighted by molar-refractivity contribution is 1.21. The first-order valence-corrected chi connectivity index (χ1v) is 7.77. The van der Waals surface area contributed by atoms with Crippen molar-refractivity contribution in [3.8, 4) is 27.8 Å². The maximum atomic E-state index is 12.3. The summed E-state index contributed by atoms with van der Waals surface area (Å²) in [7, 11) is 0. The lowest BCUT2D eigenvalue weighted by Gasteiger charge is -2.09. The SMILES string of the molecule is Cc1ccc(-c2cc(-c3cccs3)c(C#N)c(=O)[nH]2)c(C)c1. The summed E-state index contributed by atoms with van der Waals surface area (Å²) in [6, 6.07) is 13.8. The van der Waals surface area contributed by atoms with Crippen LogP contribution in [0.2, 0.25) is 0 Å². The molecule has 0 fully saturated rings. The van der Waals surface area contributed by atoms with Gasteiger partial charge in [0.25, 0.3) is 5.56 Å². The molecular formula is C18H14N2OS. The summed E-state index contributed by atoms with van der Waals surface area (Å²) in [5, 5.41) is 11.2. The molecule has 0 aliphatic carbocycles. The number of nitriles is 1. The fourth-order valence-electron chi connectivity index (χ4n) is 2.56. The topological polar surface area (TPSA) is 56.6 Å². The van der Waals surface area contributed by atoms with Crippen LogP contribution in [0.25, 0.3) is 21.7 Å². The van der Waals surface area contributed by atoms with Crippen LogP contribution in [0.3, 0.4) is 0 Å². The van der Waals surface area contributed by atoms with Crippen molar-refractivity contribution >= 4 is 11.3 Å². The number of pyridine rings is 1. The van der Waals surface area contributed by atoms with Gasteiger partial charge in [-0.2, -0.15) is 5.26 Å². The molecule has 0 radical (unpaired) electrons. The first-order valence-electron chi connectivity index (χ1n) is 6.89. The molecule has 3 nitrogen and oxygen atoms in total. The van der Waals surface area contributed by atoms with Crippen molar-refractivity contribution in [1.82, 2.24) is 4.98 Å². The second-order valence-electron chi connectivity index (χ2n) is 5.21. The van der Waals surface area contributed by atoms with Gasteiger partial charge in [0.2, 0.25) is 0 Å². The Bertz CT molecular complexity index is 931. The molecule has 0 saturated carbocycles. The van der Waals surface area contributed by atoms with E-state index in [1.54, 1.807) is 0 Å². The van der Waals surface area contributed by atoms with Gasteiger partial charge in [-0.25, -0.2) is 0 Å². The van der Waals surface area contributed by atoms with Crippen molar-refractivity contribution < 1.29 is 0 Å². The minimum absolute atomic E-state index is 0.163. The second-order valence-corrected chi connectivity index (χ2v) is 6.16. The fraction of sp³-hybridized carbons (Fsp3) is 0.111. The molecule has 22 heavy (non-hydrogen) atoms. The Balaban J connectivity index is 2.27. The van der Waals surface area contributed by atoms with Crippen molar-refractivity contribution in [3.05, 3.63) is 68.8 Å². The zero-order valence-corrected chi connectivity index (χ0v) is 13.1. The Kier molecular flexibility index (Phi) is 3.66. The zero-order valence-electron chi connectivity index (χ0n) is 12.3. The van der Waals surface area contributed by atoms with Crippen LogP contribution in [-0.2, 0) is 0 Å². The summed E-state index contributed by atoms with van der Waals surface area (Å²) in [4.78, 5) is 16.0. The largest absolute Gasteiger partial charge is 0.321 e. The maximum Gasteiger partial charge on any atom is 0.267 e. The molecule has 3 aromatic rings. The number of rotatable bonds is 2. The van der Waals surface area contributed by atoms with Gasteiger partial charge in [0.05, 0.1) is 0 Å². The van der Waals surface area contributed by atoms with Crippen LogP contribution in [0, 0.1) is 25.2 Å². The van der Waals surface area contributed by atoms with E-state index in [1.807, 2.05) is 55.6 Å². The molecule has 108 valence electrons. The quantitative estimate of drug-likeness (QED) is 0.769. The summed E-state index contributed by atoms with van der Waals surface area (Å²) in [5.41, 5.74) is 4.50. The first-order chi connectivity index (χ1) is 10.6. The van der Waals surface area contributed by atoms with Gasteiger partial charge in [0.1, 0.15) is 11.6 Å². The van der Waals surface area contributed by atoms with Crippen LogP contribution >= 0.6 is 11.3 Å². The number of hydrogen-bond donors (Lipinski definition) is 1. The normalized spacial score (nSPS) is 10.4. The Morgan fingerprint density at radius 1 is 1.14 bits per heavy atom. The molecule has 4 heteroatoms. The molecule has 2 heterocycles. The number of H-pyrrole nitrogens is 1. The third kappa shape index (κ3) is 2.47. The molecule has 1 N–H and O–H groups in total. The van der Waals surface area contributed by atoms with Crippen molar-refractivity contribution in [1.29, 1.82) is 5.26 Å². The number of nitrogens with zero attached hydrogens (tertiary/aromatic N) is 1. The molecule has 0 saturated heterocycles. The van der Waals surface area contributed by atoms with Gasteiger partial charge in [-0.3, -0.25) is 4.79 Å². The van der Waals surface area contributed by atoms with Crippen LogP contribution < -0.4 is 5.56 Å². The summed E-state index contributed by atoms with van der Waals surface area (Å²) in [6.07, 6.45) is 0. The highest BCUT2D eigenvalue weighted by Gasteiger charge is 2.14. The van der Waals surface area contributed by atoms with E-state index in [-0.39, 0.29) is 11.1 Å². The van der Waals surface area contributed by atoms with Crippen molar-refractivity contribution in [2.75, 3.05) is 0 Å². The van der Waals surface area contributed by atoms with Crippen LogP contribution in [0.5, 0.6) is 0 Å². The van der Waals surface area contributed by atoms with Crippen LogP contribution in [0.1, 0.15) is 16.7 Å². The summed E-state index contributed by atoms with van der Waals surface area (Å²) < 4.78 is 0. The first kappa shape index (κ1) is 14.3. The molecule has 0 aliphatic heterocycles. The minimum atomic E-state index is -0.344. The van der Waals surface area contributed by atoms with E-state index < -0.39 is 0 Å². The lowest BCUT2D eigenvalue weighted by Crippen LogP contribution is -2.12. The minimum Gasteiger partial charge on any atom is -0.321 e. The number of aromatic amines is 1. The summed E-state index contributed by atoms with van der Waals surface area (Å²) >= 11 is 1.52. The van der Waals surface area contributed by atoms with Gasteiger partial charge in [0, 0.05) is 21.7 Å². The average Bonchev–Trinajstić information content (AvgIpc) is 3.00. The number of aromatic nitrogens is 1. The van der Waals surface area contributed by atoms with Gasteiger partial charge >= 0.3 is 0 Å². The standard InChI is InChI=1S/C18H14N2OS/c1-11-5-6-13(12(2)8-11)16-9-14(17-4-3-7-22-17)15(10-19)18(21)20-16/h3-9H,1-2H3,(H,20,21). The predicted molar refractivity (Wildman–Crippen MR) is 90.0 cm³/mol. The van der Waals surface area contributed by atoms with Gasteiger partial charge in [-0.1, -0.05) is 29.8 Å². The molecule has 0 spiro atoms. The molecule has 1 aromatic carbocycles. The molecule has 0 atom stereocenters. The van der Waals surface area contributed by atoms with E-state index in [1.165, 1.54) is 16.9 Å². The van der Waals surface area contributed by atoms with Crippen LogP contribution in [0.4, 0.5) is 0 Å². The lowest BCUT2D eigenvalue weighted by atomic mass is 10.00. The maximum absolute atomic E-state index is 12.3. The molecule has 0 unspecified atom stereocenters. The van der Waals surface area contributed by atoms with E-state index >= 15 is 0 Å². The monoisotopic (exact) mass is 306 g/mol. The van der Waals surface area contributed by atoms with E-state index in [9.17, 15) is 10.1 Å². The van der Waals surface area contributed by atoms with Gasteiger partial charge in [0.15, 0.2) is 0 Å². The third-order valence-electron chi connectivity index (χ3n) is 3.60. The van der Waals surface area contributed by atoms with E-state index in [0.29, 0.717) is 5.56 Å². The molecule has 3 rings (SSSR count). The Hall–Kier alpha value is -2.64. The molecule has 0 bridgehead atoms. The molecule has 2 aromatic heterocycles. The number of hydrogen-bond acceptors (Lipinski definition) is 3. The van der Waals surface area contributed by atoms with Crippen molar-refractivity contribution in [2.24, 2.45) is 0 Å². The molecule has 0 amide bonds. The molecule has 0 aliphatic rings. The van der Waals surface area contributed by atoms with E-state index in [2.05, 4.69) is 11.1 Å². The zero-order chi connectivity index (χ0) is 15.7. The fourth-order valence-corrected chi connectivity index (χ4v) is 3.31. The number of nitrogens with one attached hydrogen (secondary N) is 1. The third-order valence-corrected chi connectivity index (χ3v) is 4.51. The second kappa shape index (κ2) is 5.63. The van der Waals surface area contributed by atoms with Crippen molar-refractivity contribution in [3.63, 3.8) is 0 Å². The molecular weight excluding hydrogens is 292 g/mol. The number of benzene rings is 1. The van der Waals surface area contributed by atoms with Crippen LogP contribution in [0.15, 0.2) is 46.6 Å². The average molecular weight is 306 g/mol. The number of aryl methyl sites for hydroxylation is 2. The smallest absolute Gasteiger partial charge is 0.267 e. The van der Waals surface area contributed by atoms with Gasteiger partial charge in [-0.15, -0.1) is 11.3 Å². The highest BCUT2D eigenvalue weighted by Crippen LogP contribution is 2.30. The van der Waals surface area contributed by atoms with E-state index in [0.717, 1.165) is 21.7 Å². The number of thiophene rings is 1. The Morgan fingerprint density at radius 3 is 2.59 bits per heavy atom. The highest BCUT2D eigenvalue weighted by molar-refractivity contribution is 7.13. The predicted octanol–water partition coefficient (Wildman–Crippen LogP) is 4.26. The van der Waals surface area contributed by atoms with Crippen LogP contribution in [-0.4, -0.2) is 4.98 Å². The Morgan fingerprint density at radius 2 is 1.95 bits per heavy atom. The summed E-state index contributed by atoms with van der Waals surface area (Å²) in [5.74, 6) is 0. The Labute approximate surface area is 132 Å². The van der Waals surface area contributed by atoms with Gasteiger partial charge < -0.3 is 4.98 Å².